The average Bonchev–Trinajstić information content (AvgIpc) is 2.73. The van der Waals surface area contributed by atoms with Crippen LogP contribution in [0.25, 0.3) is 0 Å². The van der Waals surface area contributed by atoms with E-state index >= 15 is 0 Å². The molecule has 2 aromatic rings. The van der Waals surface area contributed by atoms with Gasteiger partial charge in [-0.15, -0.1) is 20.4 Å². The van der Waals surface area contributed by atoms with Gasteiger partial charge in [0.05, 0.1) is 0 Å². The number of nitrogens with zero attached hydrogens (tertiary/aromatic N) is 5. The number of phenolic OH excluding ortho intramolecular Hbond substituents is 1. The molecule has 0 bridgehead atoms. The number of benzene rings is 1. The number of hydrogen-bond donors (Lipinski definition) is 1. The van der Waals surface area contributed by atoms with Crippen molar-refractivity contribution in [3.8, 4) is 5.75 Å². The molecular formula is C11H13N5OS. The Morgan fingerprint density at radius 1 is 1.22 bits per heavy atom. The lowest BCUT2D eigenvalue weighted by atomic mass is 10.2. The van der Waals surface area contributed by atoms with Gasteiger partial charge in [0.1, 0.15) is 16.4 Å². The van der Waals surface area contributed by atoms with Crippen molar-refractivity contribution < 1.29 is 5.11 Å². The van der Waals surface area contributed by atoms with Crippen LogP contribution in [0.2, 0.25) is 0 Å². The molecule has 0 saturated carbocycles. The lowest BCUT2D eigenvalue weighted by Gasteiger charge is -2.12. The Kier molecular flexibility index (Phi) is 3.52. The summed E-state index contributed by atoms with van der Waals surface area (Å²) in [6.07, 6.45) is 0. The van der Waals surface area contributed by atoms with Gasteiger partial charge in [-0.1, -0.05) is 11.3 Å². The molecule has 0 saturated heterocycles. The number of aromatic hydroxyl groups is 1. The fraction of sp³-hybridized carbons (Fsp3) is 0.273. The summed E-state index contributed by atoms with van der Waals surface area (Å²) in [5.74, 6) is 0.0891. The third-order valence-electron chi connectivity index (χ3n) is 2.23. The van der Waals surface area contributed by atoms with Gasteiger partial charge in [-0.2, -0.15) is 0 Å². The molecule has 1 aromatic carbocycles. The van der Waals surface area contributed by atoms with Crippen molar-refractivity contribution in [3.63, 3.8) is 0 Å². The molecular weight excluding hydrogens is 250 g/mol. The van der Waals surface area contributed by atoms with Crippen LogP contribution in [0.3, 0.4) is 0 Å². The largest absolute Gasteiger partial charge is 0.506 e. The number of aromatic nitrogens is 2. The lowest BCUT2D eigenvalue weighted by molar-refractivity contribution is 0.476. The predicted molar refractivity (Wildman–Crippen MR) is 71.3 cm³/mol. The first-order valence-corrected chi connectivity index (χ1v) is 6.10. The maximum atomic E-state index is 9.81. The third-order valence-corrected chi connectivity index (χ3v) is 2.96. The minimum absolute atomic E-state index is 0.0891. The van der Waals surface area contributed by atoms with E-state index in [4.69, 9.17) is 0 Å². The van der Waals surface area contributed by atoms with Gasteiger partial charge in [0.2, 0.25) is 0 Å². The summed E-state index contributed by atoms with van der Waals surface area (Å²) < 4.78 is 0. The molecule has 0 fully saturated rings. The number of aryl methyl sites for hydroxylation is 1. The number of anilines is 1. The van der Waals surface area contributed by atoms with Crippen molar-refractivity contribution in [1.29, 1.82) is 0 Å². The van der Waals surface area contributed by atoms with E-state index in [-0.39, 0.29) is 5.75 Å². The second kappa shape index (κ2) is 5.09. The van der Waals surface area contributed by atoms with Crippen molar-refractivity contribution in [2.45, 2.75) is 6.92 Å². The second-order valence-corrected chi connectivity index (χ2v) is 5.03. The molecule has 0 amide bonds. The van der Waals surface area contributed by atoms with Crippen LogP contribution in [0.15, 0.2) is 28.4 Å². The first-order chi connectivity index (χ1) is 8.56. The van der Waals surface area contributed by atoms with Crippen LogP contribution >= 0.6 is 11.3 Å². The maximum absolute atomic E-state index is 9.81. The average molecular weight is 263 g/mol. The fourth-order valence-corrected chi connectivity index (χ4v) is 1.81. The van der Waals surface area contributed by atoms with E-state index in [1.165, 1.54) is 11.3 Å². The van der Waals surface area contributed by atoms with Gasteiger partial charge >= 0.3 is 0 Å². The molecule has 0 aliphatic rings. The molecule has 0 radical (unpaired) electrons. The first kappa shape index (κ1) is 12.4. The summed E-state index contributed by atoms with van der Waals surface area (Å²) in [5.41, 5.74) is 1.31. The number of hydrogen-bond acceptors (Lipinski definition) is 7. The topological polar surface area (TPSA) is 74.0 Å². The van der Waals surface area contributed by atoms with E-state index in [1.54, 1.807) is 12.1 Å². The van der Waals surface area contributed by atoms with Gasteiger partial charge in [0.25, 0.3) is 5.13 Å². The highest BCUT2D eigenvalue weighted by Gasteiger charge is 2.04. The van der Waals surface area contributed by atoms with Crippen molar-refractivity contribution in [2.75, 3.05) is 19.0 Å². The lowest BCUT2D eigenvalue weighted by Crippen LogP contribution is -2.07. The summed E-state index contributed by atoms with van der Waals surface area (Å²) in [6, 6.07) is 5.21. The van der Waals surface area contributed by atoms with Gasteiger partial charge in [-0.05, 0) is 19.1 Å². The van der Waals surface area contributed by atoms with Gasteiger partial charge in [-0.25, -0.2) is 0 Å². The van der Waals surface area contributed by atoms with Crippen LogP contribution in [-0.4, -0.2) is 29.4 Å². The zero-order valence-electron chi connectivity index (χ0n) is 10.3. The summed E-state index contributed by atoms with van der Waals surface area (Å²) in [5, 5.41) is 26.7. The molecule has 18 heavy (non-hydrogen) atoms. The van der Waals surface area contributed by atoms with Crippen molar-refractivity contribution in [3.05, 3.63) is 23.2 Å². The number of azo groups is 1. The van der Waals surface area contributed by atoms with E-state index in [0.717, 1.165) is 10.7 Å². The van der Waals surface area contributed by atoms with E-state index in [9.17, 15) is 5.11 Å². The van der Waals surface area contributed by atoms with Gasteiger partial charge in [-0.3, -0.25) is 0 Å². The van der Waals surface area contributed by atoms with E-state index in [1.807, 2.05) is 32.0 Å². The van der Waals surface area contributed by atoms with E-state index in [2.05, 4.69) is 20.4 Å². The smallest absolute Gasteiger partial charge is 0.251 e. The molecule has 2 rings (SSSR count). The molecule has 0 unspecified atom stereocenters. The van der Waals surface area contributed by atoms with Gasteiger partial charge < -0.3 is 10.0 Å². The highest BCUT2D eigenvalue weighted by atomic mass is 32.1. The third kappa shape index (κ3) is 2.80. The molecule has 0 aliphatic heterocycles. The Morgan fingerprint density at radius 3 is 2.56 bits per heavy atom. The fourth-order valence-electron chi connectivity index (χ4n) is 1.30. The Bertz CT molecular complexity index is 579. The number of phenols is 1. The van der Waals surface area contributed by atoms with E-state index in [0.29, 0.717) is 10.8 Å². The monoisotopic (exact) mass is 263 g/mol. The quantitative estimate of drug-likeness (QED) is 0.864. The zero-order valence-corrected chi connectivity index (χ0v) is 11.1. The molecule has 6 nitrogen and oxygen atoms in total. The van der Waals surface area contributed by atoms with Crippen molar-refractivity contribution in [2.24, 2.45) is 10.2 Å². The minimum Gasteiger partial charge on any atom is -0.506 e. The predicted octanol–water partition coefficient (Wildman–Crippen LogP) is 3.03. The SMILES string of the molecule is Cc1nnc(N=Nc2ccc(N(C)C)cc2O)s1. The Labute approximate surface area is 109 Å². The maximum Gasteiger partial charge on any atom is 0.251 e. The molecule has 1 aromatic heterocycles. The van der Waals surface area contributed by atoms with Crippen molar-refractivity contribution in [1.82, 2.24) is 10.2 Å². The molecule has 7 heteroatoms. The summed E-state index contributed by atoms with van der Waals surface area (Å²) >= 11 is 1.35. The Morgan fingerprint density at radius 2 is 2.00 bits per heavy atom. The summed E-state index contributed by atoms with van der Waals surface area (Å²) in [4.78, 5) is 1.90. The van der Waals surface area contributed by atoms with Crippen LogP contribution in [0.5, 0.6) is 5.75 Å². The van der Waals surface area contributed by atoms with E-state index < -0.39 is 0 Å². The summed E-state index contributed by atoms with van der Waals surface area (Å²) in [7, 11) is 3.81. The molecule has 0 spiro atoms. The standard InChI is InChI=1S/C11H13N5OS/c1-7-12-14-11(18-7)15-13-9-5-4-8(16(2)3)6-10(9)17/h4-6,17H,1-3H3. The van der Waals surface area contributed by atoms with Gasteiger partial charge in [0, 0.05) is 25.8 Å². The summed E-state index contributed by atoms with van der Waals surface area (Å²) in [6.45, 7) is 1.85. The molecule has 1 N–H and O–H groups in total. The van der Waals surface area contributed by atoms with Crippen LogP contribution in [0.1, 0.15) is 5.01 Å². The Hall–Kier alpha value is -2.02. The van der Waals surface area contributed by atoms with Crippen LogP contribution in [0, 0.1) is 6.92 Å². The first-order valence-electron chi connectivity index (χ1n) is 5.28. The van der Waals surface area contributed by atoms with Crippen LogP contribution < -0.4 is 4.90 Å². The molecule has 0 aliphatic carbocycles. The highest BCUT2D eigenvalue weighted by molar-refractivity contribution is 7.14. The normalized spacial score (nSPS) is 11.1. The van der Waals surface area contributed by atoms with Crippen molar-refractivity contribution >= 4 is 27.8 Å². The van der Waals surface area contributed by atoms with Crippen LogP contribution in [0.4, 0.5) is 16.5 Å². The number of rotatable bonds is 3. The second-order valence-electron chi connectivity index (χ2n) is 3.87. The van der Waals surface area contributed by atoms with Gasteiger partial charge in [0.15, 0.2) is 0 Å². The molecule has 0 atom stereocenters. The Balaban J connectivity index is 2.22. The molecule has 1 heterocycles. The minimum atomic E-state index is 0.0891. The molecule has 94 valence electrons. The highest BCUT2D eigenvalue weighted by Crippen LogP contribution is 2.32. The van der Waals surface area contributed by atoms with Crippen LogP contribution in [-0.2, 0) is 0 Å². The zero-order chi connectivity index (χ0) is 13.1.